The third kappa shape index (κ3) is 4.37. The van der Waals surface area contributed by atoms with Gasteiger partial charge in [0.15, 0.2) is 0 Å². The van der Waals surface area contributed by atoms with Crippen LogP contribution >= 0.6 is 15.9 Å². The Balaban J connectivity index is 2.48. The molecule has 0 spiro atoms. The largest absolute Gasteiger partial charge is 0.492 e. The highest BCUT2D eigenvalue weighted by molar-refractivity contribution is 9.10. The van der Waals surface area contributed by atoms with Gasteiger partial charge in [-0.05, 0) is 40.5 Å². The molecule has 2 N–H and O–H groups in total. The molecule has 18 heavy (non-hydrogen) atoms. The molecule has 0 heterocycles. The number of hydrogen-bond acceptors (Lipinski definition) is 3. The van der Waals surface area contributed by atoms with Crippen LogP contribution in [0, 0.1) is 0 Å². The second-order valence-electron chi connectivity index (χ2n) is 3.58. The van der Waals surface area contributed by atoms with Gasteiger partial charge in [-0.1, -0.05) is 0 Å². The Hall–Kier alpha value is -1.56. The van der Waals surface area contributed by atoms with E-state index in [-0.39, 0.29) is 11.5 Å². The zero-order valence-electron chi connectivity index (χ0n) is 9.90. The van der Waals surface area contributed by atoms with Gasteiger partial charge in [-0.15, -0.1) is 0 Å². The summed E-state index contributed by atoms with van der Waals surface area (Å²) in [5.74, 6) is -0.447. The van der Waals surface area contributed by atoms with Crippen LogP contribution in [-0.2, 0) is 4.79 Å². The van der Waals surface area contributed by atoms with Crippen LogP contribution in [0.3, 0.4) is 0 Å². The molecule has 1 amide bonds. The third-order valence-electron chi connectivity index (χ3n) is 2.26. The van der Waals surface area contributed by atoms with Crippen LogP contribution in [0.25, 0.3) is 0 Å². The van der Waals surface area contributed by atoms with Crippen molar-refractivity contribution in [2.24, 2.45) is 0 Å². The van der Waals surface area contributed by atoms with Crippen LogP contribution < -0.4 is 10.1 Å². The number of carbonyl (C=O) groups is 2. The molecule has 0 aliphatic carbocycles. The van der Waals surface area contributed by atoms with Crippen molar-refractivity contribution in [3.63, 3.8) is 0 Å². The summed E-state index contributed by atoms with van der Waals surface area (Å²) in [7, 11) is 1.59. The minimum Gasteiger partial charge on any atom is -0.492 e. The average Bonchev–Trinajstić information content (AvgIpc) is 2.35. The maximum atomic E-state index is 11.0. The van der Waals surface area contributed by atoms with Crippen molar-refractivity contribution in [2.45, 2.75) is 12.8 Å². The Labute approximate surface area is 113 Å². The number of carboxylic acid groups (broad SMARTS) is 1. The maximum Gasteiger partial charge on any atom is 0.335 e. The van der Waals surface area contributed by atoms with Crippen molar-refractivity contribution >= 4 is 27.8 Å². The number of nitrogens with one attached hydrogen (secondary N) is 1. The Bertz CT molecular complexity index is 448. The summed E-state index contributed by atoms with van der Waals surface area (Å²) in [6.45, 7) is 0.401. The van der Waals surface area contributed by atoms with E-state index in [0.717, 1.165) is 0 Å². The van der Waals surface area contributed by atoms with E-state index in [1.54, 1.807) is 13.1 Å². The van der Waals surface area contributed by atoms with Crippen molar-refractivity contribution in [1.29, 1.82) is 0 Å². The summed E-state index contributed by atoms with van der Waals surface area (Å²) in [5, 5.41) is 11.3. The van der Waals surface area contributed by atoms with Crippen LogP contribution in [-0.4, -0.2) is 30.6 Å². The first-order chi connectivity index (χ1) is 8.54. The molecule has 0 unspecified atom stereocenters. The van der Waals surface area contributed by atoms with Crippen LogP contribution in [0.2, 0.25) is 0 Å². The molecule has 98 valence electrons. The Kier molecular flexibility index (Phi) is 5.64. The Morgan fingerprint density at radius 2 is 2.17 bits per heavy atom. The van der Waals surface area contributed by atoms with Gasteiger partial charge in [0, 0.05) is 13.5 Å². The molecule has 0 aliphatic rings. The number of benzene rings is 1. The van der Waals surface area contributed by atoms with E-state index in [1.807, 2.05) is 0 Å². The monoisotopic (exact) mass is 315 g/mol. The van der Waals surface area contributed by atoms with Gasteiger partial charge < -0.3 is 15.2 Å². The summed E-state index contributed by atoms with van der Waals surface area (Å²) < 4.78 is 6.03. The standard InChI is InChI=1S/C12H14BrNO4/c1-14-11(15)3-2-6-18-10-5-4-8(12(16)17)7-9(10)13/h4-5,7H,2-3,6H2,1H3,(H,14,15)(H,16,17). The molecule has 0 saturated heterocycles. The molecule has 0 bridgehead atoms. The normalized spacial score (nSPS) is 9.89. The molecule has 1 aromatic rings. The van der Waals surface area contributed by atoms with Gasteiger partial charge in [0.05, 0.1) is 16.6 Å². The predicted molar refractivity (Wildman–Crippen MR) is 69.9 cm³/mol. The molecule has 1 aromatic carbocycles. The van der Waals surface area contributed by atoms with Crippen LogP contribution in [0.1, 0.15) is 23.2 Å². The number of halogens is 1. The number of aromatic carboxylic acids is 1. The Morgan fingerprint density at radius 1 is 1.44 bits per heavy atom. The van der Waals surface area contributed by atoms with Gasteiger partial charge in [-0.25, -0.2) is 4.79 Å². The molecular weight excluding hydrogens is 302 g/mol. The number of rotatable bonds is 6. The van der Waals surface area contributed by atoms with Crippen molar-refractivity contribution in [2.75, 3.05) is 13.7 Å². The molecule has 5 nitrogen and oxygen atoms in total. The summed E-state index contributed by atoms with van der Waals surface area (Å²) in [5.41, 5.74) is 0.194. The zero-order valence-corrected chi connectivity index (χ0v) is 11.5. The highest BCUT2D eigenvalue weighted by atomic mass is 79.9. The first-order valence-corrected chi connectivity index (χ1v) is 6.20. The smallest absolute Gasteiger partial charge is 0.335 e. The zero-order chi connectivity index (χ0) is 13.5. The topological polar surface area (TPSA) is 75.6 Å². The highest BCUT2D eigenvalue weighted by Crippen LogP contribution is 2.26. The summed E-state index contributed by atoms with van der Waals surface area (Å²) in [6.07, 6.45) is 1.01. The number of ether oxygens (including phenoxy) is 1. The molecule has 0 atom stereocenters. The van der Waals surface area contributed by atoms with Gasteiger partial charge >= 0.3 is 5.97 Å². The van der Waals surface area contributed by atoms with Gasteiger partial charge in [0.2, 0.25) is 5.91 Å². The van der Waals surface area contributed by atoms with Gasteiger partial charge in [0.1, 0.15) is 5.75 Å². The lowest BCUT2D eigenvalue weighted by molar-refractivity contribution is -0.120. The minimum absolute atomic E-state index is 0.0288. The quantitative estimate of drug-likeness (QED) is 0.788. The van der Waals surface area contributed by atoms with Gasteiger partial charge in [-0.3, -0.25) is 4.79 Å². The van der Waals surface area contributed by atoms with E-state index in [0.29, 0.717) is 29.7 Å². The molecule has 0 radical (unpaired) electrons. The number of amides is 1. The lowest BCUT2D eigenvalue weighted by Gasteiger charge is -2.08. The van der Waals surface area contributed by atoms with E-state index in [9.17, 15) is 9.59 Å². The fourth-order valence-corrected chi connectivity index (χ4v) is 1.78. The SMILES string of the molecule is CNC(=O)CCCOc1ccc(C(=O)O)cc1Br. The fourth-order valence-electron chi connectivity index (χ4n) is 1.29. The summed E-state index contributed by atoms with van der Waals surface area (Å²) in [4.78, 5) is 21.7. The lowest BCUT2D eigenvalue weighted by Crippen LogP contribution is -2.18. The minimum atomic E-state index is -0.984. The van der Waals surface area contributed by atoms with Crippen LogP contribution in [0.15, 0.2) is 22.7 Å². The van der Waals surface area contributed by atoms with E-state index in [2.05, 4.69) is 21.2 Å². The van der Waals surface area contributed by atoms with E-state index in [4.69, 9.17) is 9.84 Å². The summed E-state index contributed by atoms with van der Waals surface area (Å²) in [6, 6.07) is 4.55. The Morgan fingerprint density at radius 3 is 2.72 bits per heavy atom. The molecule has 0 aliphatic heterocycles. The first kappa shape index (κ1) is 14.5. The lowest BCUT2D eigenvalue weighted by atomic mass is 10.2. The van der Waals surface area contributed by atoms with Crippen molar-refractivity contribution in [3.05, 3.63) is 28.2 Å². The highest BCUT2D eigenvalue weighted by Gasteiger charge is 2.07. The molecule has 6 heteroatoms. The van der Waals surface area contributed by atoms with E-state index >= 15 is 0 Å². The van der Waals surface area contributed by atoms with Crippen LogP contribution in [0.5, 0.6) is 5.75 Å². The van der Waals surface area contributed by atoms with E-state index < -0.39 is 5.97 Å². The van der Waals surface area contributed by atoms with Crippen LogP contribution in [0.4, 0.5) is 0 Å². The molecular formula is C12H14BrNO4. The van der Waals surface area contributed by atoms with Crippen molar-refractivity contribution < 1.29 is 19.4 Å². The average molecular weight is 316 g/mol. The van der Waals surface area contributed by atoms with E-state index in [1.165, 1.54) is 12.1 Å². The third-order valence-corrected chi connectivity index (χ3v) is 2.88. The molecule has 0 fully saturated rings. The number of hydrogen-bond donors (Lipinski definition) is 2. The maximum absolute atomic E-state index is 11.0. The molecule has 0 aromatic heterocycles. The van der Waals surface area contributed by atoms with Gasteiger partial charge in [0.25, 0.3) is 0 Å². The predicted octanol–water partition coefficient (Wildman–Crippen LogP) is 2.05. The number of carboxylic acids is 1. The fraction of sp³-hybridized carbons (Fsp3) is 0.333. The van der Waals surface area contributed by atoms with Gasteiger partial charge in [-0.2, -0.15) is 0 Å². The second kappa shape index (κ2) is 7.00. The summed E-state index contributed by atoms with van der Waals surface area (Å²) >= 11 is 3.24. The molecule has 0 saturated carbocycles. The second-order valence-corrected chi connectivity index (χ2v) is 4.43. The van der Waals surface area contributed by atoms with Crippen molar-refractivity contribution in [3.8, 4) is 5.75 Å². The van der Waals surface area contributed by atoms with Crippen molar-refractivity contribution in [1.82, 2.24) is 5.32 Å². The number of carbonyl (C=O) groups excluding carboxylic acids is 1. The first-order valence-electron chi connectivity index (χ1n) is 5.41. The molecule has 1 rings (SSSR count).